The number of nitriles is 1. The summed E-state index contributed by atoms with van der Waals surface area (Å²) in [5.41, 5.74) is 4.45. The Labute approximate surface area is 119 Å². The van der Waals surface area contributed by atoms with E-state index in [0.29, 0.717) is 12.2 Å². The number of ether oxygens (including phenoxy) is 1. The minimum Gasteiger partial charge on any atom is -0.487 e. The van der Waals surface area contributed by atoms with Crippen LogP contribution < -0.4 is 10.1 Å². The molecular weight excluding hydrogens is 250 g/mol. The summed E-state index contributed by atoms with van der Waals surface area (Å²) in [6, 6.07) is 9.67. The molecule has 2 aromatic rings. The number of aromatic nitrogens is 1. The van der Waals surface area contributed by atoms with Gasteiger partial charge in [0.2, 0.25) is 0 Å². The Balaban J connectivity index is 2.17. The van der Waals surface area contributed by atoms with Crippen molar-refractivity contribution < 1.29 is 4.74 Å². The molecule has 0 bridgehead atoms. The first kappa shape index (κ1) is 13.9. The Bertz CT molecular complexity index is 636. The first-order chi connectivity index (χ1) is 9.63. The molecule has 0 amide bonds. The largest absolute Gasteiger partial charge is 0.487 e. The van der Waals surface area contributed by atoms with Crippen LogP contribution in [-0.4, -0.2) is 12.0 Å². The summed E-state index contributed by atoms with van der Waals surface area (Å²) >= 11 is 0. The average Bonchev–Trinajstić information content (AvgIpc) is 2.46. The molecule has 0 saturated heterocycles. The van der Waals surface area contributed by atoms with E-state index in [1.54, 1.807) is 6.20 Å². The van der Waals surface area contributed by atoms with Crippen molar-refractivity contribution in [3.8, 4) is 11.8 Å². The summed E-state index contributed by atoms with van der Waals surface area (Å²) in [6.07, 6.45) is 1.75. The quantitative estimate of drug-likeness (QED) is 0.924. The number of nitrogens with zero attached hydrogens (tertiary/aromatic N) is 2. The monoisotopic (exact) mass is 267 g/mol. The molecule has 0 saturated carbocycles. The highest BCUT2D eigenvalue weighted by Crippen LogP contribution is 2.25. The number of hydrogen-bond donors (Lipinski definition) is 1. The van der Waals surface area contributed by atoms with E-state index in [-0.39, 0.29) is 0 Å². The Morgan fingerprint density at radius 3 is 2.55 bits per heavy atom. The molecule has 1 heterocycles. The third kappa shape index (κ3) is 3.07. The van der Waals surface area contributed by atoms with Crippen molar-refractivity contribution in [3.63, 3.8) is 0 Å². The third-order valence-corrected chi connectivity index (χ3v) is 3.06. The summed E-state index contributed by atoms with van der Waals surface area (Å²) in [5, 5.41) is 12.0. The van der Waals surface area contributed by atoms with Crippen molar-refractivity contribution in [1.29, 1.82) is 5.26 Å². The molecule has 0 atom stereocenters. The highest BCUT2D eigenvalue weighted by atomic mass is 16.5. The van der Waals surface area contributed by atoms with E-state index >= 15 is 0 Å². The molecule has 0 spiro atoms. The Kier molecular flexibility index (Phi) is 4.21. The smallest absolute Gasteiger partial charge is 0.130 e. The molecule has 4 nitrogen and oxygen atoms in total. The van der Waals surface area contributed by atoms with E-state index < -0.39 is 0 Å². The first-order valence-corrected chi connectivity index (χ1v) is 6.41. The summed E-state index contributed by atoms with van der Waals surface area (Å²) in [7, 11) is 1.87. The normalized spacial score (nSPS) is 9.90. The van der Waals surface area contributed by atoms with Gasteiger partial charge in [-0.25, -0.2) is 0 Å². The summed E-state index contributed by atoms with van der Waals surface area (Å²) in [4.78, 5) is 4.28. The summed E-state index contributed by atoms with van der Waals surface area (Å²) in [5.74, 6) is 0.820. The Morgan fingerprint density at radius 2 is 1.95 bits per heavy atom. The number of anilines is 1. The van der Waals surface area contributed by atoms with Crippen molar-refractivity contribution >= 4 is 5.69 Å². The van der Waals surface area contributed by atoms with Gasteiger partial charge in [-0.2, -0.15) is 5.26 Å². The van der Waals surface area contributed by atoms with Crippen LogP contribution in [0.2, 0.25) is 0 Å². The lowest BCUT2D eigenvalue weighted by molar-refractivity contribution is 0.297. The molecule has 1 N–H and O–H groups in total. The molecule has 4 heteroatoms. The van der Waals surface area contributed by atoms with Crippen molar-refractivity contribution in [2.24, 2.45) is 0 Å². The lowest BCUT2D eigenvalue weighted by atomic mass is 10.1. The zero-order valence-corrected chi connectivity index (χ0v) is 11.9. The van der Waals surface area contributed by atoms with Crippen LogP contribution in [0.5, 0.6) is 5.75 Å². The van der Waals surface area contributed by atoms with Crippen LogP contribution in [0.3, 0.4) is 0 Å². The molecule has 0 aliphatic carbocycles. The van der Waals surface area contributed by atoms with Crippen LogP contribution >= 0.6 is 0 Å². The molecule has 0 radical (unpaired) electrons. The maximum atomic E-state index is 8.94. The third-order valence-electron chi connectivity index (χ3n) is 3.06. The predicted molar refractivity (Wildman–Crippen MR) is 78.7 cm³/mol. The van der Waals surface area contributed by atoms with Gasteiger partial charge in [-0.3, -0.25) is 4.98 Å². The Morgan fingerprint density at radius 1 is 1.25 bits per heavy atom. The zero-order chi connectivity index (χ0) is 14.5. The van der Waals surface area contributed by atoms with Crippen LogP contribution in [0.25, 0.3) is 0 Å². The molecule has 0 unspecified atom stereocenters. The first-order valence-electron chi connectivity index (χ1n) is 6.41. The minimum atomic E-state index is 0.406. The standard InChI is InChI=1S/C16H17N3O/c1-11-6-13(9-17)7-12(2)16(11)20-10-15-8-14(18-3)4-5-19-15/h4-8H,10H2,1-3H3,(H,18,19). The molecule has 102 valence electrons. The highest BCUT2D eigenvalue weighted by molar-refractivity contribution is 5.47. The maximum Gasteiger partial charge on any atom is 0.130 e. The second-order valence-corrected chi connectivity index (χ2v) is 4.63. The topological polar surface area (TPSA) is 57.9 Å². The lowest BCUT2D eigenvalue weighted by Crippen LogP contribution is -2.02. The van der Waals surface area contributed by atoms with Gasteiger partial charge < -0.3 is 10.1 Å². The molecule has 0 aliphatic heterocycles. The molecule has 1 aromatic heterocycles. The number of nitrogens with one attached hydrogen (secondary N) is 1. The Hall–Kier alpha value is -2.54. The molecule has 2 rings (SSSR count). The van der Waals surface area contributed by atoms with Crippen molar-refractivity contribution in [2.45, 2.75) is 20.5 Å². The number of benzene rings is 1. The molecule has 0 fully saturated rings. The van der Waals surface area contributed by atoms with Gasteiger partial charge in [0.25, 0.3) is 0 Å². The molecule has 0 aliphatic rings. The van der Waals surface area contributed by atoms with E-state index in [1.165, 1.54) is 0 Å². The lowest BCUT2D eigenvalue weighted by Gasteiger charge is -2.12. The second-order valence-electron chi connectivity index (χ2n) is 4.63. The van der Waals surface area contributed by atoms with Crippen molar-refractivity contribution in [3.05, 3.63) is 52.8 Å². The predicted octanol–water partition coefficient (Wildman–Crippen LogP) is 3.19. The van der Waals surface area contributed by atoms with Crippen LogP contribution in [-0.2, 0) is 6.61 Å². The van der Waals surface area contributed by atoms with E-state index in [4.69, 9.17) is 10.00 Å². The SMILES string of the molecule is CNc1ccnc(COc2c(C)cc(C#N)cc2C)c1. The van der Waals surface area contributed by atoms with Crippen LogP contribution in [0.4, 0.5) is 5.69 Å². The molecular formula is C16H17N3O. The van der Waals surface area contributed by atoms with Crippen molar-refractivity contribution in [1.82, 2.24) is 4.98 Å². The van der Waals surface area contributed by atoms with E-state index in [2.05, 4.69) is 16.4 Å². The van der Waals surface area contributed by atoms with Gasteiger partial charge in [0.15, 0.2) is 0 Å². The fourth-order valence-corrected chi connectivity index (χ4v) is 2.10. The van der Waals surface area contributed by atoms with Gasteiger partial charge in [0, 0.05) is 18.9 Å². The van der Waals surface area contributed by atoms with Gasteiger partial charge in [-0.15, -0.1) is 0 Å². The summed E-state index contributed by atoms with van der Waals surface area (Å²) in [6.45, 7) is 4.30. The highest BCUT2D eigenvalue weighted by Gasteiger charge is 2.07. The molecule has 1 aromatic carbocycles. The maximum absolute atomic E-state index is 8.94. The number of pyridine rings is 1. The fraction of sp³-hybridized carbons (Fsp3) is 0.250. The van der Waals surface area contributed by atoms with Gasteiger partial charge in [-0.05, 0) is 49.2 Å². The number of aryl methyl sites for hydroxylation is 2. The summed E-state index contributed by atoms with van der Waals surface area (Å²) < 4.78 is 5.85. The van der Waals surface area contributed by atoms with E-state index in [1.807, 2.05) is 45.2 Å². The van der Waals surface area contributed by atoms with Crippen LogP contribution in [0, 0.1) is 25.2 Å². The van der Waals surface area contributed by atoms with Gasteiger partial charge >= 0.3 is 0 Å². The molecule has 20 heavy (non-hydrogen) atoms. The van der Waals surface area contributed by atoms with Gasteiger partial charge in [0.05, 0.1) is 17.3 Å². The van der Waals surface area contributed by atoms with Gasteiger partial charge in [0.1, 0.15) is 12.4 Å². The van der Waals surface area contributed by atoms with Crippen LogP contribution in [0.1, 0.15) is 22.4 Å². The number of hydrogen-bond acceptors (Lipinski definition) is 4. The second kappa shape index (κ2) is 6.07. The van der Waals surface area contributed by atoms with Gasteiger partial charge in [-0.1, -0.05) is 0 Å². The van der Waals surface area contributed by atoms with Crippen molar-refractivity contribution in [2.75, 3.05) is 12.4 Å². The fourth-order valence-electron chi connectivity index (χ4n) is 2.10. The number of rotatable bonds is 4. The zero-order valence-electron chi connectivity index (χ0n) is 11.9. The van der Waals surface area contributed by atoms with E-state index in [0.717, 1.165) is 28.3 Å². The average molecular weight is 267 g/mol. The van der Waals surface area contributed by atoms with E-state index in [9.17, 15) is 0 Å². The minimum absolute atomic E-state index is 0.406. The van der Waals surface area contributed by atoms with Crippen LogP contribution in [0.15, 0.2) is 30.5 Å².